The van der Waals surface area contributed by atoms with E-state index in [0.717, 1.165) is 17.4 Å². The summed E-state index contributed by atoms with van der Waals surface area (Å²) in [6.45, 7) is 0.627. The van der Waals surface area contributed by atoms with Gasteiger partial charge in [-0.05, 0) is 30.7 Å². The van der Waals surface area contributed by atoms with Gasteiger partial charge in [0.1, 0.15) is 11.5 Å². The van der Waals surface area contributed by atoms with Crippen LogP contribution in [0.15, 0.2) is 53.5 Å². The van der Waals surface area contributed by atoms with Crippen LogP contribution in [-0.2, 0) is 0 Å². The van der Waals surface area contributed by atoms with Crippen molar-refractivity contribution in [3.8, 4) is 11.5 Å². The van der Waals surface area contributed by atoms with Gasteiger partial charge >= 0.3 is 0 Å². The van der Waals surface area contributed by atoms with Gasteiger partial charge in [0.15, 0.2) is 0 Å². The van der Waals surface area contributed by atoms with Crippen molar-refractivity contribution in [2.75, 3.05) is 11.9 Å². The number of halogens is 1. The maximum absolute atomic E-state index is 9.95. The lowest BCUT2D eigenvalue weighted by Crippen LogP contribution is -1.97. The number of rotatable bonds is 6. The van der Waals surface area contributed by atoms with Crippen molar-refractivity contribution < 1.29 is 9.84 Å². The zero-order valence-corrected chi connectivity index (χ0v) is 12.6. The monoisotopic (exact) mass is 333 g/mol. The molecule has 104 valence electrons. The predicted molar refractivity (Wildman–Crippen MR) is 85.7 cm³/mol. The Morgan fingerprint density at radius 3 is 2.65 bits per heavy atom. The number of para-hydroxylation sites is 1. The Morgan fingerprint density at radius 2 is 1.95 bits per heavy atom. The SMILES string of the molecule is Oc1cc(OCCCBr)ccc1C=Nc1ccccc1. The van der Waals surface area contributed by atoms with Gasteiger partial charge < -0.3 is 9.84 Å². The molecule has 2 aromatic carbocycles. The molecule has 0 spiro atoms. The molecule has 0 atom stereocenters. The summed E-state index contributed by atoms with van der Waals surface area (Å²) in [7, 11) is 0. The summed E-state index contributed by atoms with van der Waals surface area (Å²) < 4.78 is 5.51. The average molecular weight is 334 g/mol. The molecule has 0 saturated heterocycles. The Labute approximate surface area is 127 Å². The number of ether oxygens (including phenoxy) is 1. The summed E-state index contributed by atoms with van der Waals surface area (Å²) >= 11 is 3.34. The van der Waals surface area contributed by atoms with Gasteiger partial charge in [-0.25, -0.2) is 0 Å². The Morgan fingerprint density at radius 1 is 1.15 bits per heavy atom. The first-order chi connectivity index (χ1) is 9.79. The number of hydrogen-bond donors (Lipinski definition) is 1. The molecule has 0 saturated carbocycles. The van der Waals surface area contributed by atoms with Gasteiger partial charge in [-0.1, -0.05) is 34.1 Å². The topological polar surface area (TPSA) is 41.8 Å². The van der Waals surface area contributed by atoms with Crippen LogP contribution in [0.5, 0.6) is 11.5 Å². The van der Waals surface area contributed by atoms with E-state index in [1.807, 2.05) is 36.4 Å². The normalized spacial score (nSPS) is 10.8. The Balaban J connectivity index is 2.04. The predicted octanol–water partition coefficient (Wildman–Crippen LogP) is 4.31. The highest BCUT2D eigenvalue weighted by Gasteiger charge is 2.01. The molecule has 2 rings (SSSR count). The highest BCUT2D eigenvalue weighted by atomic mass is 79.9. The molecule has 0 fully saturated rings. The molecule has 0 aromatic heterocycles. The summed E-state index contributed by atoms with van der Waals surface area (Å²) in [5.74, 6) is 0.835. The van der Waals surface area contributed by atoms with Crippen molar-refractivity contribution in [3.63, 3.8) is 0 Å². The lowest BCUT2D eigenvalue weighted by Gasteiger charge is -2.06. The number of aliphatic imine (C=N–C) groups is 1. The molecule has 0 amide bonds. The molecule has 0 aliphatic rings. The summed E-state index contributed by atoms with van der Waals surface area (Å²) in [4.78, 5) is 4.31. The second kappa shape index (κ2) is 7.70. The lowest BCUT2D eigenvalue weighted by atomic mass is 10.2. The largest absolute Gasteiger partial charge is 0.507 e. The van der Waals surface area contributed by atoms with E-state index >= 15 is 0 Å². The van der Waals surface area contributed by atoms with E-state index in [-0.39, 0.29) is 5.75 Å². The Kier molecular flexibility index (Phi) is 5.62. The number of alkyl halides is 1. The van der Waals surface area contributed by atoms with Crippen LogP contribution in [0.3, 0.4) is 0 Å². The van der Waals surface area contributed by atoms with E-state index in [1.165, 1.54) is 0 Å². The number of benzene rings is 2. The standard InChI is InChI=1S/C16H16BrNO2/c17-9-4-10-20-15-8-7-13(16(19)11-15)12-18-14-5-2-1-3-6-14/h1-3,5-8,11-12,19H,4,9-10H2. The molecule has 0 aliphatic heterocycles. The number of nitrogens with zero attached hydrogens (tertiary/aromatic N) is 1. The van der Waals surface area contributed by atoms with Crippen LogP contribution in [-0.4, -0.2) is 23.3 Å². The number of hydrogen-bond acceptors (Lipinski definition) is 3. The Bertz CT molecular complexity index is 570. The van der Waals surface area contributed by atoms with Gasteiger partial charge in [-0.15, -0.1) is 0 Å². The van der Waals surface area contributed by atoms with Gasteiger partial charge in [0.2, 0.25) is 0 Å². The van der Waals surface area contributed by atoms with E-state index in [0.29, 0.717) is 17.9 Å². The van der Waals surface area contributed by atoms with Crippen molar-refractivity contribution in [1.82, 2.24) is 0 Å². The first kappa shape index (κ1) is 14.6. The molecule has 0 unspecified atom stereocenters. The summed E-state index contributed by atoms with van der Waals surface area (Å²) in [6.07, 6.45) is 2.57. The maximum atomic E-state index is 9.95. The van der Waals surface area contributed by atoms with Crippen LogP contribution in [0.1, 0.15) is 12.0 Å². The van der Waals surface area contributed by atoms with E-state index in [2.05, 4.69) is 20.9 Å². The maximum Gasteiger partial charge on any atom is 0.128 e. The van der Waals surface area contributed by atoms with Crippen molar-refractivity contribution >= 4 is 27.8 Å². The number of phenolic OH excluding ortho intramolecular Hbond substituents is 1. The zero-order chi connectivity index (χ0) is 14.2. The molecule has 4 heteroatoms. The number of aromatic hydroxyl groups is 1. The van der Waals surface area contributed by atoms with Gasteiger partial charge in [0.25, 0.3) is 0 Å². The smallest absolute Gasteiger partial charge is 0.128 e. The van der Waals surface area contributed by atoms with Crippen LogP contribution in [0.2, 0.25) is 0 Å². The van der Waals surface area contributed by atoms with E-state index < -0.39 is 0 Å². The molecule has 20 heavy (non-hydrogen) atoms. The third-order valence-corrected chi connectivity index (χ3v) is 3.22. The fourth-order valence-corrected chi connectivity index (χ4v) is 1.85. The lowest BCUT2D eigenvalue weighted by molar-refractivity contribution is 0.317. The fourth-order valence-electron chi connectivity index (χ4n) is 1.63. The third-order valence-electron chi connectivity index (χ3n) is 2.66. The fraction of sp³-hybridized carbons (Fsp3) is 0.188. The van der Waals surface area contributed by atoms with Crippen molar-refractivity contribution in [1.29, 1.82) is 0 Å². The minimum absolute atomic E-state index is 0.168. The van der Waals surface area contributed by atoms with Crippen LogP contribution in [0.4, 0.5) is 5.69 Å². The first-order valence-electron chi connectivity index (χ1n) is 6.40. The quantitative estimate of drug-likeness (QED) is 0.486. The zero-order valence-electron chi connectivity index (χ0n) is 11.0. The van der Waals surface area contributed by atoms with Crippen LogP contribution < -0.4 is 4.74 Å². The summed E-state index contributed by atoms with van der Waals surface area (Å²) in [5.41, 5.74) is 1.52. The van der Waals surface area contributed by atoms with Crippen molar-refractivity contribution in [2.45, 2.75) is 6.42 Å². The van der Waals surface area contributed by atoms with Crippen molar-refractivity contribution in [3.05, 3.63) is 54.1 Å². The molecule has 0 aliphatic carbocycles. The molecular weight excluding hydrogens is 318 g/mol. The van der Waals surface area contributed by atoms with E-state index in [9.17, 15) is 5.11 Å². The first-order valence-corrected chi connectivity index (χ1v) is 7.52. The molecule has 1 N–H and O–H groups in total. The van der Waals surface area contributed by atoms with Crippen LogP contribution in [0, 0.1) is 0 Å². The minimum atomic E-state index is 0.168. The van der Waals surface area contributed by atoms with Gasteiger partial charge in [-0.3, -0.25) is 4.99 Å². The highest BCUT2D eigenvalue weighted by molar-refractivity contribution is 9.09. The van der Waals surface area contributed by atoms with E-state index in [1.54, 1.807) is 18.3 Å². The molecule has 0 heterocycles. The van der Waals surface area contributed by atoms with E-state index in [4.69, 9.17) is 4.74 Å². The van der Waals surface area contributed by atoms with Crippen molar-refractivity contribution in [2.24, 2.45) is 4.99 Å². The average Bonchev–Trinajstić information content (AvgIpc) is 2.48. The minimum Gasteiger partial charge on any atom is -0.507 e. The molecule has 0 radical (unpaired) electrons. The molecule has 2 aromatic rings. The molecular formula is C16H16BrNO2. The third kappa shape index (κ3) is 4.38. The number of phenols is 1. The highest BCUT2D eigenvalue weighted by Crippen LogP contribution is 2.23. The van der Waals surface area contributed by atoms with Gasteiger partial charge in [-0.2, -0.15) is 0 Å². The second-order valence-electron chi connectivity index (χ2n) is 4.21. The van der Waals surface area contributed by atoms with Gasteiger partial charge in [0, 0.05) is 23.2 Å². The second-order valence-corrected chi connectivity index (χ2v) is 5.00. The summed E-state index contributed by atoms with van der Waals surface area (Å²) in [6, 6.07) is 14.8. The van der Waals surface area contributed by atoms with Crippen LogP contribution in [0.25, 0.3) is 0 Å². The van der Waals surface area contributed by atoms with Crippen LogP contribution >= 0.6 is 15.9 Å². The van der Waals surface area contributed by atoms with Gasteiger partial charge in [0.05, 0.1) is 12.3 Å². The molecule has 0 bridgehead atoms. The summed E-state index contributed by atoms with van der Waals surface area (Å²) in [5, 5.41) is 10.8. The Hall–Kier alpha value is -1.81. The molecule has 3 nitrogen and oxygen atoms in total.